The highest BCUT2D eigenvalue weighted by Crippen LogP contribution is 2.33. The predicted octanol–water partition coefficient (Wildman–Crippen LogP) is 2.97. The SMILES string of the molecule is NC(=O)C1CCN(C(=O)C2CC=C(c3ccc(OCC4CCNCC4)cc3)CC2)CC1. The fourth-order valence-electron chi connectivity index (χ4n) is 4.99. The van der Waals surface area contributed by atoms with Gasteiger partial charge in [0.2, 0.25) is 11.8 Å². The number of hydrogen-bond acceptors (Lipinski definition) is 4. The molecule has 1 aliphatic carbocycles. The summed E-state index contributed by atoms with van der Waals surface area (Å²) in [6, 6.07) is 8.41. The zero-order valence-corrected chi connectivity index (χ0v) is 18.4. The molecule has 6 heteroatoms. The van der Waals surface area contributed by atoms with Gasteiger partial charge in [0.05, 0.1) is 6.61 Å². The van der Waals surface area contributed by atoms with Crippen molar-refractivity contribution in [2.45, 2.75) is 44.9 Å². The number of nitrogens with zero attached hydrogens (tertiary/aromatic N) is 1. The zero-order valence-electron chi connectivity index (χ0n) is 18.4. The average molecular weight is 426 g/mol. The molecule has 0 bridgehead atoms. The Morgan fingerprint density at radius 2 is 1.71 bits per heavy atom. The predicted molar refractivity (Wildman–Crippen MR) is 121 cm³/mol. The Morgan fingerprint density at radius 3 is 2.32 bits per heavy atom. The molecule has 3 N–H and O–H groups in total. The van der Waals surface area contributed by atoms with Crippen molar-refractivity contribution in [2.24, 2.45) is 23.5 Å². The summed E-state index contributed by atoms with van der Waals surface area (Å²) in [6.07, 6.45) is 8.59. The summed E-state index contributed by atoms with van der Waals surface area (Å²) in [5, 5.41) is 3.39. The second-order valence-electron chi connectivity index (χ2n) is 9.23. The van der Waals surface area contributed by atoms with E-state index < -0.39 is 0 Å². The van der Waals surface area contributed by atoms with Gasteiger partial charge < -0.3 is 20.7 Å². The minimum Gasteiger partial charge on any atom is -0.493 e. The molecular weight excluding hydrogens is 390 g/mol. The number of piperidine rings is 2. The van der Waals surface area contributed by atoms with Gasteiger partial charge in [0.15, 0.2) is 0 Å². The molecule has 2 fully saturated rings. The topological polar surface area (TPSA) is 84.7 Å². The minimum absolute atomic E-state index is 0.0569. The van der Waals surface area contributed by atoms with Gasteiger partial charge in [-0.2, -0.15) is 0 Å². The summed E-state index contributed by atoms with van der Waals surface area (Å²) in [5.41, 5.74) is 7.95. The monoisotopic (exact) mass is 425 g/mol. The number of amides is 2. The Labute approximate surface area is 185 Å². The van der Waals surface area contributed by atoms with Crippen LogP contribution in [0.1, 0.15) is 50.5 Å². The first-order chi connectivity index (χ1) is 15.1. The molecule has 31 heavy (non-hydrogen) atoms. The quantitative estimate of drug-likeness (QED) is 0.734. The van der Waals surface area contributed by atoms with Gasteiger partial charge in [0.1, 0.15) is 5.75 Å². The van der Waals surface area contributed by atoms with E-state index in [1.807, 2.05) is 4.90 Å². The summed E-state index contributed by atoms with van der Waals surface area (Å²) in [7, 11) is 0. The first-order valence-corrected chi connectivity index (χ1v) is 11.8. The number of ether oxygens (including phenoxy) is 1. The van der Waals surface area contributed by atoms with Crippen LogP contribution >= 0.6 is 0 Å². The summed E-state index contributed by atoms with van der Waals surface area (Å²) in [6.45, 7) is 4.29. The highest BCUT2D eigenvalue weighted by molar-refractivity contribution is 5.81. The molecule has 6 nitrogen and oxygen atoms in total. The number of nitrogens with one attached hydrogen (secondary N) is 1. The Hall–Kier alpha value is -2.34. The third-order valence-electron chi connectivity index (χ3n) is 7.14. The third kappa shape index (κ3) is 5.67. The fraction of sp³-hybridized carbons (Fsp3) is 0.600. The molecule has 1 atom stereocenters. The van der Waals surface area contributed by atoms with Crippen molar-refractivity contribution in [1.29, 1.82) is 0 Å². The van der Waals surface area contributed by atoms with Gasteiger partial charge in [-0.1, -0.05) is 18.2 Å². The highest BCUT2D eigenvalue weighted by Gasteiger charge is 2.30. The molecule has 0 saturated carbocycles. The number of carbonyl (C=O) groups excluding carboxylic acids is 2. The zero-order chi connectivity index (χ0) is 21.6. The van der Waals surface area contributed by atoms with Crippen molar-refractivity contribution >= 4 is 17.4 Å². The molecule has 1 aromatic rings. The molecule has 1 unspecified atom stereocenters. The van der Waals surface area contributed by atoms with E-state index in [-0.39, 0.29) is 23.7 Å². The maximum atomic E-state index is 12.9. The van der Waals surface area contributed by atoms with Crippen LogP contribution in [-0.2, 0) is 9.59 Å². The van der Waals surface area contributed by atoms with Crippen molar-refractivity contribution in [3.8, 4) is 5.75 Å². The maximum absolute atomic E-state index is 12.9. The molecule has 2 saturated heterocycles. The van der Waals surface area contributed by atoms with Crippen molar-refractivity contribution in [3.63, 3.8) is 0 Å². The van der Waals surface area contributed by atoms with Crippen molar-refractivity contribution in [3.05, 3.63) is 35.9 Å². The number of hydrogen-bond donors (Lipinski definition) is 2. The number of rotatable bonds is 6. The van der Waals surface area contributed by atoms with E-state index in [0.717, 1.165) is 44.7 Å². The first kappa shape index (κ1) is 21.9. The molecule has 3 aliphatic rings. The van der Waals surface area contributed by atoms with Gasteiger partial charge in [-0.05, 0) is 87.2 Å². The number of carbonyl (C=O) groups is 2. The van der Waals surface area contributed by atoms with Crippen LogP contribution in [0.4, 0.5) is 0 Å². The molecule has 2 heterocycles. The van der Waals surface area contributed by atoms with Gasteiger partial charge in [-0.25, -0.2) is 0 Å². The van der Waals surface area contributed by atoms with Gasteiger partial charge in [-0.3, -0.25) is 9.59 Å². The molecule has 2 aliphatic heterocycles. The van der Waals surface area contributed by atoms with E-state index in [1.165, 1.54) is 24.0 Å². The molecule has 0 aromatic heterocycles. The molecule has 1 aromatic carbocycles. The van der Waals surface area contributed by atoms with E-state index in [1.54, 1.807) is 0 Å². The Balaban J connectivity index is 1.26. The van der Waals surface area contributed by atoms with Crippen LogP contribution in [0.3, 0.4) is 0 Å². The van der Waals surface area contributed by atoms with E-state index in [9.17, 15) is 9.59 Å². The van der Waals surface area contributed by atoms with Crippen LogP contribution < -0.4 is 15.8 Å². The Bertz CT molecular complexity index is 791. The maximum Gasteiger partial charge on any atom is 0.226 e. The Morgan fingerprint density at radius 1 is 1.00 bits per heavy atom. The van der Waals surface area contributed by atoms with E-state index in [2.05, 4.69) is 35.7 Å². The average Bonchev–Trinajstić information content (AvgIpc) is 2.83. The van der Waals surface area contributed by atoms with E-state index >= 15 is 0 Å². The van der Waals surface area contributed by atoms with Gasteiger partial charge in [-0.15, -0.1) is 0 Å². The lowest BCUT2D eigenvalue weighted by molar-refractivity contribution is -0.138. The van der Waals surface area contributed by atoms with Crippen LogP contribution in [0.15, 0.2) is 30.3 Å². The molecule has 0 radical (unpaired) electrons. The number of allylic oxidation sites excluding steroid dienone is 2. The molecule has 168 valence electrons. The number of likely N-dealkylation sites (tertiary alicyclic amines) is 1. The molecule has 0 spiro atoms. The summed E-state index contributed by atoms with van der Waals surface area (Å²) in [4.78, 5) is 26.1. The smallest absolute Gasteiger partial charge is 0.226 e. The molecular formula is C25H35N3O3. The number of primary amides is 1. The fourth-order valence-corrected chi connectivity index (χ4v) is 4.99. The highest BCUT2D eigenvalue weighted by atomic mass is 16.5. The lowest BCUT2D eigenvalue weighted by Crippen LogP contribution is -2.44. The summed E-state index contributed by atoms with van der Waals surface area (Å²) < 4.78 is 6.00. The Kier molecular flexibility index (Phi) is 7.28. The summed E-state index contributed by atoms with van der Waals surface area (Å²) in [5.74, 6) is 1.57. The normalized spacial score (nSPS) is 23.3. The second-order valence-corrected chi connectivity index (χ2v) is 9.23. The largest absolute Gasteiger partial charge is 0.493 e. The van der Waals surface area contributed by atoms with Crippen LogP contribution in [0.2, 0.25) is 0 Å². The van der Waals surface area contributed by atoms with Gasteiger partial charge in [0, 0.05) is 24.9 Å². The van der Waals surface area contributed by atoms with Gasteiger partial charge >= 0.3 is 0 Å². The molecule has 2 amide bonds. The third-order valence-corrected chi connectivity index (χ3v) is 7.14. The van der Waals surface area contributed by atoms with Crippen LogP contribution in [0.5, 0.6) is 5.75 Å². The van der Waals surface area contributed by atoms with Crippen LogP contribution in [0, 0.1) is 17.8 Å². The second kappa shape index (κ2) is 10.3. The number of nitrogens with two attached hydrogens (primary N) is 1. The van der Waals surface area contributed by atoms with Crippen molar-refractivity contribution in [2.75, 3.05) is 32.8 Å². The van der Waals surface area contributed by atoms with Crippen molar-refractivity contribution < 1.29 is 14.3 Å². The van der Waals surface area contributed by atoms with Gasteiger partial charge in [0.25, 0.3) is 0 Å². The number of benzene rings is 1. The van der Waals surface area contributed by atoms with Crippen LogP contribution in [0.25, 0.3) is 5.57 Å². The molecule has 4 rings (SSSR count). The van der Waals surface area contributed by atoms with Crippen molar-refractivity contribution in [1.82, 2.24) is 10.2 Å². The van der Waals surface area contributed by atoms with E-state index in [4.69, 9.17) is 10.5 Å². The van der Waals surface area contributed by atoms with E-state index in [0.29, 0.717) is 31.8 Å². The minimum atomic E-state index is -0.236. The first-order valence-electron chi connectivity index (χ1n) is 11.8. The standard InChI is InChI=1S/C25H35N3O3/c26-24(29)21-11-15-28(16-12-21)25(30)22-3-1-19(2-4-22)20-5-7-23(8-6-20)31-17-18-9-13-27-14-10-18/h1,5-8,18,21-22,27H,2-4,9-17H2,(H2,26,29). The van der Waals surface area contributed by atoms with Crippen LogP contribution in [-0.4, -0.2) is 49.5 Å². The lowest BCUT2D eigenvalue weighted by Gasteiger charge is -2.34. The lowest BCUT2D eigenvalue weighted by atomic mass is 9.85. The summed E-state index contributed by atoms with van der Waals surface area (Å²) >= 11 is 0.